The van der Waals surface area contributed by atoms with Crippen LogP contribution >= 0.6 is 0 Å². The third-order valence-electron chi connectivity index (χ3n) is 4.80. The standard InChI is InChI=1S/C20H16F2N8/c1-2-14(28-18-16-17(25-9-24-16)26-10-27-18)20-29-15-4-3-5-23-19(15)30(20)13-7-11(21)6-12(22)8-13/h3-10,14H,2H2,1H3,(H2,24,25,26,27,28). The van der Waals surface area contributed by atoms with E-state index in [1.54, 1.807) is 23.2 Å². The normalized spacial score (nSPS) is 12.5. The van der Waals surface area contributed by atoms with Crippen molar-refractivity contribution in [1.82, 2.24) is 34.5 Å². The number of hydrogen-bond donors (Lipinski definition) is 2. The molecule has 0 radical (unpaired) electrons. The zero-order chi connectivity index (χ0) is 20.7. The molecule has 5 rings (SSSR count). The number of aromatic nitrogens is 7. The maximum absolute atomic E-state index is 14.0. The Bertz CT molecular complexity index is 1340. The Morgan fingerprint density at radius 1 is 1.10 bits per heavy atom. The Hall–Kier alpha value is -3.95. The molecule has 0 saturated carbocycles. The van der Waals surface area contributed by atoms with Crippen molar-refractivity contribution in [2.75, 3.05) is 5.32 Å². The van der Waals surface area contributed by atoms with Gasteiger partial charge in [-0.3, -0.25) is 4.57 Å². The Kier molecular flexibility index (Phi) is 4.31. The number of nitrogens with one attached hydrogen (secondary N) is 2. The number of anilines is 1. The number of nitrogens with zero attached hydrogens (tertiary/aromatic N) is 6. The van der Waals surface area contributed by atoms with E-state index in [1.807, 2.05) is 13.0 Å². The van der Waals surface area contributed by atoms with Gasteiger partial charge in [-0.2, -0.15) is 0 Å². The first-order valence-electron chi connectivity index (χ1n) is 9.34. The summed E-state index contributed by atoms with van der Waals surface area (Å²) in [5.74, 6) is -0.238. The molecular weight excluding hydrogens is 390 g/mol. The minimum Gasteiger partial charge on any atom is -0.358 e. The number of hydrogen-bond acceptors (Lipinski definition) is 6. The zero-order valence-electron chi connectivity index (χ0n) is 15.8. The highest BCUT2D eigenvalue weighted by molar-refractivity contribution is 5.82. The predicted octanol–water partition coefficient (Wildman–Crippen LogP) is 3.93. The molecule has 5 aromatic rings. The zero-order valence-corrected chi connectivity index (χ0v) is 15.8. The second-order valence-electron chi connectivity index (χ2n) is 6.71. The van der Waals surface area contributed by atoms with E-state index < -0.39 is 11.6 Å². The summed E-state index contributed by atoms with van der Waals surface area (Å²) in [7, 11) is 0. The van der Waals surface area contributed by atoms with E-state index in [0.717, 1.165) is 6.07 Å². The third kappa shape index (κ3) is 3.02. The molecule has 1 unspecified atom stereocenters. The number of benzene rings is 1. The van der Waals surface area contributed by atoms with E-state index in [2.05, 4.69) is 30.2 Å². The van der Waals surface area contributed by atoms with Crippen LogP contribution in [0.5, 0.6) is 0 Å². The van der Waals surface area contributed by atoms with Gasteiger partial charge in [0.15, 0.2) is 17.1 Å². The highest BCUT2D eigenvalue weighted by Crippen LogP contribution is 2.29. The summed E-state index contributed by atoms with van der Waals surface area (Å²) in [4.78, 5) is 24.7. The Morgan fingerprint density at radius 2 is 1.93 bits per heavy atom. The summed E-state index contributed by atoms with van der Waals surface area (Å²) in [6.45, 7) is 1.98. The highest BCUT2D eigenvalue weighted by Gasteiger charge is 2.23. The number of H-pyrrole nitrogens is 1. The fraction of sp³-hybridized carbons (Fsp3) is 0.150. The number of rotatable bonds is 5. The summed E-state index contributed by atoms with van der Waals surface area (Å²) in [6.07, 6.45) is 5.21. The van der Waals surface area contributed by atoms with Crippen LogP contribution in [0, 0.1) is 11.6 Å². The second-order valence-corrected chi connectivity index (χ2v) is 6.71. The Morgan fingerprint density at radius 3 is 2.73 bits per heavy atom. The molecule has 10 heteroatoms. The van der Waals surface area contributed by atoms with Gasteiger partial charge in [0.1, 0.15) is 34.8 Å². The Balaban J connectivity index is 1.68. The molecule has 8 nitrogen and oxygen atoms in total. The van der Waals surface area contributed by atoms with E-state index in [9.17, 15) is 8.78 Å². The molecule has 0 aliphatic carbocycles. The van der Waals surface area contributed by atoms with Crippen LogP contribution in [0.3, 0.4) is 0 Å². The lowest BCUT2D eigenvalue weighted by molar-refractivity contribution is 0.580. The van der Waals surface area contributed by atoms with Gasteiger partial charge < -0.3 is 10.3 Å². The summed E-state index contributed by atoms with van der Waals surface area (Å²) < 4.78 is 29.6. The smallest absolute Gasteiger partial charge is 0.182 e. The fourth-order valence-electron chi connectivity index (χ4n) is 3.48. The van der Waals surface area contributed by atoms with Crippen LogP contribution in [-0.2, 0) is 0 Å². The maximum atomic E-state index is 14.0. The molecule has 1 aromatic carbocycles. The van der Waals surface area contributed by atoms with Crippen molar-refractivity contribution in [2.24, 2.45) is 0 Å². The Labute approximate surface area is 169 Å². The summed E-state index contributed by atoms with van der Waals surface area (Å²) in [5, 5.41) is 3.35. The largest absolute Gasteiger partial charge is 0.358 e. The molecule has 0 bridgehead atoms. The van der Waals surface area contributed by atoms with E-state index in [0.29, 0.717) is 46.1 Å². The number of aromatic amines is 1. The number of pyridine rings is 1. The van der Waals surface area contributed by atoms with E-state index >= 15 is 0 Å². The minimum absolute atomic E-state index is 0.304. The molecule has 0 aliphatic heterocycles. The predicted molar refractivity (Wildman–Crippen MR) is 107 cm³/mol. The molecule has 2 N–H and O–H groups in total. The molecule has 0 fully saturated rings. The van der Waals surface area contributed by atoms with Crippen LogP contribution in [-0.4, -0.2) is 34.5 Å². The van der Waals surface area contributed by atoms with Crippen molar-refractivity contribution < 1.29 is 8.78 Å². The average molecular weight is 406 g/mol. The molecule has 30 heavy (non-hydrogen) atoms. The van der Waals surface area contributed by atoms with Crippen molar-refractivity contribution in [3.8, 4) is 5.69 Å². The van der Waals surface area contributed by atoms with Crippen LogP contribution < -0.4 is 5.32 Å². The maximum Gasteiger partial charge on any atom is 0.182 e. The van der Waals surface area contributed by atoms with Gasteiger partial charge in [-0.1, -0.05) is 6.92 Å². The van der Waals surface area contributed by atoms with Crippen molar-refractivity contribution in [3.63, 3.8) is 0 Å². The van der Waals surface area contributed by atoms with Crippen LogP contribution in [0.4, 0.5) is 14.6 Å². The molecule has 0 amide bonds. The molecule has 4 heterocycles. The van der Waals surface area contributed by atoms with Gasteiger partial charge in [0.25, 0.3) is 0 Å². The average Bonchev–Trinajstić information content (AvgIpc) is 3.36. The van der Waals surface area contributed by atoms with Gasteiger partial charge in [0.05, 0.1) is 18.1 Å². The molecule has 1 atom stereocenters. The monoisotopic (exact) mass is 406 g/mol. The first-order chi connectivity index (χ1) is 14.6. The van der Waals surface area contributed by atoms with Crippen molar-refractivity contribution in [3.05, 3.63) is 66.6 Å². The first-order valence-corrected chi connectivity index (χ1v) is 9.34. The highest BCUT2D eigenvalue weighted by atomic mass is 19.1. The van der Waals surface area contributed by atoms with Gasteiger partial charge in [0.2, 0.25) is 0 Å². The molecule has 0 spiro atoms. The molecule has 0 aliphatic rings. The molecular formula is C20H16F2N8. The summed E-state index contributed by atoms with van der Waals surface area (Å²) in [5.41, 5.74) is 2.62. The number of fused-ring (bicyclic) bond motifs is 2. The molecule has 4 aromatic heterocycles. The van der Waals surface area contributed by atoms with E-state index in [1.165, 1.54) is 18.5 Å². The van der Waals surface area contributed by atoms with Crippen LogP contribution in [0.2, 0.25) is 0 Å². The lowest BCUT2D eigenvalue weighted by Gasteiger charge is -2.19. The van der Waals surface area contributed by atoms with E-state index in [-0.39, 0.29) is 6.04 Å². The van der Waals surface area contributed by atoms with Gasteiger partial charge in [-0.25, -0.2) is 33.7 Å². The van der Waals surface area contributed by atoms with Crippen LogP contribution in [0.15, 0.2) is 49.2 Å². The fourth-order valence-corrected chi connectivity index (χ4v) is 3.48. The SMILES string of the molecule is CCC(Nc1ncnc2nc[nH]c12)c1nc2cccnc2n1-c1cc(F)cc(F)c1. The minimum atomic E-state index is -0.676. The molecule has 0 saturated heterocycles. The van der Waals surface area contributed by atoms with Gasteiger partial charge in [-0.15, -0.1) is 0 Å². The van der Waals surface area contributed by atoms with Crippen LogP contribution in [0.25, 0.3) is 28.0 Å². The van der Waals surface area contributed by atoms with Crippen molar-refractivity contribution in [1.29, 1.82) is 0 Å². The number of halogens is 2. The molecule has 150 valence electrons. The van der Waals surface area contributed by atoms with Crippen molar-refractivity contribution >= 4 is 28.1 Å². The number of imidazole rings is 2. The third-order valence-corrected chi connectivity index (χ3v) is 4.80. The van der Waals surface area contributed by atoms with Gasteiger partial charge in [0, 0.05) is 12.3 Å². The first kappa shape index (κ1) is 18.1. The van der Waals surface area contributed by atoms with Gasteiger partial charge >= 0.3 is 0 Å². The summed E-state index contributed by atoms with van der Waals surface area (Å²) in [6, 6.07) is 6.60. The van der Waals surface area contributed by atoms with Gasteiger partial charge in [-0.05, 0) is 30.7 Å². The lowest BCUT2D eigenvalue weighted by atomic mass is 10.2. The summed E-state index contributed by atoms with van der Waals surface area (Å²) >= 11 is 0. The second kappa shape index (κ2) is 7.14. The van der Waals surface area contributed by atoms with Crippen molar-refractivity contribution in [2.45, 2.75) is 19.4 Å². The quantitative estimate of drug-likeness (QED) is 0.459. The topological polar surface area (TPSA) is 97.2 Å². The lowest BCUT2D eigenvalue weighted by Crippen LogP contribution is -2.17. The van der Waals surface area contributed by atoms with Crippen LogP contribution in [0.1, 0.15) is 25.2 Å². The van der Waals surface area contributed by atoms with E-state index in [4.69, 9.17) is 4.98 Å².